The van der Waals surface area contributed by atoms with Crippen molar-refractivity contribution in [1.82, 2.24) is 15.1 Å². The number of fused-ring (bicyclic) bond motifs is 1. The van der Waals surface area contributed by atoms with Crippen LogP contribution in [-0.4, -0.2) is 92.4 Å². The van der Waals surface area contributed by atoms with Gasteiger partial charge in [0.1, 0.15) is 17.7 Å². The van der Waals surface area contributed by atoms with Gasteiger partial charge in [0.05, 0.1) is 37.1 Å². The number of rotatable bonds is 17. The van der Waals surface area contributed by atoms with E-state index in [0.717, 1.165) is 5.56 Å². The summed E-state index contributed by atoms with van der Waals surface area (Å²) in [6.45, 7) is 17.9. The zero-order valence-electron chi connectivity index (χ0n) is 32.2. The van der Waals surface area contributed by atoms with Gasteiger partial charge in [0.25, 0.3) is 0 Å². The maximum atomic E-state index is 15.3. The lowest BCUT2D eigenvalue weighted by atomic mass is 9.70. The first-order valence-corrected chi connectivity index (χ1v) is 19.8. The number of esters is 1. The highest BCUT2D eigenvalue weighted by Gasteiger charge is 2.78. The molecule has 8 atom stereocenters. The summed E-state index contributed by atoms with van der Waals surface area (Å²) in [6, 6.07) is 16.8. The summed E-state index contributed by atoms with van der Waals surface area (Å²) in [4.78, 5) is 60.5. The molecule has 10 nitrogen and oxygen atoms in total. The van der Waals surface area contributed by atoms with Crippen molar-refractivity contribution >= 4 is 39.6 Å². The number of allylic oxidation sites excluding steroid dienone is 1. The molecule has 3 saturated heterocycles. The molecule has 5 rings (SSSR count). The van der Waals surface area contributed by atoms with Crippen LogP contribution >= 0.6 is 15.9 Å². The van der Waals surface area contributed by atoms with Crippen molar-refractivity contribution in [2.45, 2.75) is 107 Å². The van der Waals surface area contributed by atoms with Gasteiger partial charge in [-0.15, -0.1) is 13.2 Å². The van der Waals surface area contributed by atoms with Crippen LogP contribution in [0.3, 0.4) is 0 Å². The lowest BCUT2D eigenvalue weighted by molar-refractivity contribution is -0.161. The largest absolute Gasteiger partial charge is 0.455 e. The van der Waals surface area contributed by atoms with Gasteiger partial charge >= 0.3 is 5.97 Å². The molecule has 2 aromatic rings. The fourth-order valence-corrected chi connectivity index (χ4v) is 10.0. The molecule has 54 heavy (non-hydrogen) atoms. The monoisotopic (exact) mass is 805 g/mol. The minimum absolute atomic E-state index is 0.0295. The van der Waals surface area contributed by atoms with Crippen LogP contribution in [0.5, 0.6) is 0 Å². The van der Waals surface area contributed by atoms with E-state index in [0.29, 0.717) is 31.2 Å². The molecule has 0 saturated carbocycles. The van der Waals surface area contributed by atoms with E-state index in [1.54, 1.807) is 17.1 Å². The SMILES string of the molecule is C=CCCC(=O)NC[C@@H](OC(=O)[C@@H]1[C@H]2O[C@@]3(CC2Br)[C@H](C(=O)N(CC=C)C(C)(C)CC(C)(C)C)N([C@@H](CO)Cc2ccccc2)C(=O)[C@@H]13)c1ccccc1. The molecular weight excluding hydrogens is 750 g/mol. The van der Waals surface area contributed by atoms with Gasteiger partial charge in [-0.2, -0.15) is 0 Å². The van der Waals surface area contributed by atoms with Crippen molar-refractivity contribution < 1.29 is 33.8 Å². The minimum Gasteiger partial charge on any atom is -0.455 e. The van der Waals surface area contributed by atoms with E-state index >= 15 is 9.59 Å². The van der Waals surface area contributed by atoms with E-state index in [9.17, 15) is 14.7 Å². The van der Waals surface area contributed by atoms with Crippen molar-refractivity contribution in [2.75, 3.05) is 19.7 Å². The predicted molar refractivity (Wildman–Crippen MR) is 211 cm³/mol. The van der Waals surface area contributed by atoms with Crippen LogP contribution in [0.1, 0.15) is 77.5 Å². The molecule has 3 amide bonds. The van der Waals surface area contributed by atoms with Crippen molar-refractivity contribution in [1.29, 1.82) is 0 Å². The summed E-state index contributed by atoms with van der Waals surface area (Å²) in [5, 5.41) is 13.8. The number of aliphatic hydroxyl groups excluding tert-OH is 1. The Morgan fingerprint density at radius 3 is 2.31 bits per heavy atom. The second-order valence-electron chi connectivity index (χ2n) is 16.7. The molecule has 3 heterocycles. The lowest BCUT2D eigenvalue weighted by Crippen LogP contribution is -2.63. The molecule has 3 fully saturated rings. The molecule has 11 heteroatoms. The number of nitrogens with one attached hydrogen (secondary N) is 1. The molecule has 2 N–H and O–H groups in total. The molecule has 292 valence electrons. The molecule has 3 aliphatic rings. The van der Waals surface area contributed by atoms with Crippen molar-refractivity contribution in [2.24, 2.45) is 17.3 Å². The second-order valence-corrected chi connectivity index (χ2v) is 17.9. The Morgan fingerprint density at radius 2 is 1.72 bits per heavy atom. The van der Waals surface area contributed by atoms with E-state index < -0.39 is 65.8 Å². The summed E-state index contributed by atoms with van der Waals surface area (Å²) in [5.41, 5.74) is -0.584. The summed E-state index contributed by atoms with van der Waals surface area (Å²) < 4.78 is 13.1. The Labute approximate surface area is 328 Å². The van der Waals surface area contributed by atoms with Gasteiger partial charge in [-0.25, -0.2) is 0 Å². The summed E-state index contributed by atoms with van der Waals surface area (Å²) in [6.07, 6.45) is 3.77. The number of halogens is 1. The summed E-state index contributed by atoms with van der Waals surface area (Å²) >= 11 is 3.77. The predicted octanol–water partition coefficient (Wildman–Crippen LogP) is 5.93. The van der Waals surface area contributed by atoms with Crippen LogP contribution < -0.4 is 5.32 Å². The van der Waals surface area contributed by atoms with Gasteiger partial charge in [0.2, 0.25) is 17.7 Å². The number of likely N-dealkylation sites (tertiary alicyclic amines) is 1. The van der Waals surface area contributed by atoms with E-state index in [-0.39, 0.29) is 41.6 Å². The van der Waals surface area contributed by atoms with Crippen LogP contribution in [0.25, 0.3) is 0 Å². The Hall–Kier alpha value is -3.80. The zero-order chi connectivity index (χ0) is 39.4. The molecule has 1 spiro atoms. The van der Waals surface area contributed by atoms with Crippen LogP contribution in [0.15, 0.2) is 86.0 Å². The Kier molecular flexibility index (Phi) is 13.0. The van der Waals surface area contributed by atoms with E-state index in [4.69, 9.17) is 9.47 Å². The molecule has 1 unspecified atom stereocenters. The lowest BCUT2D eigenvalue weighted by Gasteiger charge is -2.46. The standard InChI is InChI=1S/C43H56BrN3O7/c1-8-10-21-33(49)45-25-32(29-19-15-12-16-20-29)53-40(52)34-35-38(50)47(30(26-48)23-28-17-13-11-14-18-28)37(43(35)24-31(44)36(34)54-43)39(51)46(22-9-2)42(6,7)27-41(3,4)5/h8-9,11-20,30-32,34-37,48H,1-2,10,21-27H2,3-7H3,(H,45,49)/t30-,31?,32-,34+,35-,36+,37+,43-/m1/s1. The number of ether oxygens (including phenoxy) is 2. The second kappa shape index (κ2) is 16.9. The number of hydrogen-bond donors (Lipinski definition) is 2. The topological polar surface area (TPSA) is 125 Å². The smallest absolute Gasteiger partial charge is 0.313 e. The van der Waals surface area contributed by atoms with Crippen LogP contribution in [0.2, 0.25) is 0 Å². The van der Waals surface area contributed by atoms with Crippen molar-refractivity contribution in [3.05, 3.63) is 97.1 Å². The Morgan fingerprint density at radius 1 is 1.07 bits per heavy atom. The average molecular weight is 807 g/mol. The number of carbonyl (C=O) groups excluding carboxylic acids is 4. The fraction of sp³-hybridized carbons (Fsp3) is 0.535. The third-order valence-corrected chi connectivity index (χ3v) is 11.8. The summed E-state index contributed by atoms with van der Waals surface area (Å²) in [5.74, 6) is -3.68. The van der Waals surface area contributed by atoms with Crippen molar-refractivity contribution in [3.8, 4) is 0 Å². The van der Waals surface area contributed by atoms with E-state index in [2.05, 4.69) is 55.2 Å². The maximum Gasteiger partial charge on any atom is 0.313 e. The first-order valence-electron chi connectivity index (χ1n) is 18.9. The molecule has 3 aliphatic heterocycles. The Balaban J connectivity index is 1.56. The fourth-order valence-electron chi connectivity index (χ4n) is 9.09. The van der Waals surface area contributed by atoms with Gasteiger partial charge in [-0.1, -0.05) is 110 Å². The van der Waals surface area contributed by atoms with Gasteiger partial charge in [-0.05, 0) is 56.1 Å². The van der Waals surface area contributed by atoms with Gasteiger partial charge in [0, 0.05) is 23.3 Å². The highest BCUT2D eigenvalue weighted by molar-refractivity contribution is 9.09. The van der Waals surface area contributed by atoms with E-state index in [1.807, 2.05) is 74.5 Å². The third kappa shape index (κ3) is 8.53. The van der Waals surface area contributed by atoms with Gasteiger partial charge in [-0.3, -0.25) is 19.2 Å². The molecule has 2 aromatic carbocycles. The number of nitrogens with zero attached hydrogens (tertiary/aromatic N) is 2. The number of amides is 3. The number of aliphatic hydroxyl groups is 1. The van der Waals surface area contributed by atoms with Crippen LogP contribution in [0.4, 0.5) is 0 Å². The minimum atomic E-state index is -1.38. The number of carbonyl (C=O) groups is 4. The molecule has 0 aromatic heterocycles. The number of hydrogen-bond acceptors (Lipinski definition) is 7. The van der Waals surface area contributed by atoms with Crippen LogP contribution in [-0.2, 0) is 35.1 Å². The normalized spacial score (nSPS) is 25.8. The highest BCUT2D eigenvalue weighted by atomic mass is 79.9. The Bertz CT molecular complexity index is 1680. The first-order chi connectivity index (χ1) is 25.6. The van der Waals surface area contributed by atoms with Crippen molar-refractivity contribution in [3.63, 3.8) is 0 Å². The number of alkyl halides is 1. The van der Waals surface area contributed by atoms with Crippen LogP contribution in [0, 0.1) is 17.3 Å². The van der Waals surface area contributed by atoms with Gasteiger partial charge < -0.3 is 29.7 Å². The third-order valence-electron chi connectivity index (χ3n) is 10.9. The number of benzene rings is 2. The molecule has 2 bridgehead atoms. The molecule has 0 aliphatic carbocycles. The average Bonchev–Trinajstić information content (AvgIpc) is 3.72. The maximum absolute atomic E-state index is 15.3. The quantitative estimate of drug-likeness (QED) is 0.115. The van der Waals surface area contributed by atoms with E-state index in [1.165, 1.54) is 4.90 Å². The molecular formula is C43H56BrN3O7. The zero-order valence-corrected chi connectivity index (χ0v) is 33.8. The highest BCUT2D eigenvalue weighted by Crippen LogP contribution is 2.61. The molecule has 0 radical (unpaired) electrons. The first kappa shape index (κ1) is 41.4. The van der Waals surface area contributed by atoms with Gasteiger partial charge in [0.15, 0.2) is 0 Å². The summed E-state index contributed by atoms with van der Waals surface area (Å²) in [7, 11) is 0.